The fourth-order valence-corrected chi connectivity index (χ4v) is 5.32. The summed E-state index contributed by atoms with van der Waals surface area (Å²) >= 11 is 0. The quantitative estimate of drug-likeness (QED) is 0.230. The maximum atomic E-state index is 12.6. The number of epoxide rings is 1. The Morgan fingerprint density at radius 2 is 1.54 bits per heavy atom. The van der Waals surface area contributed by atoms with E-state index < -0.39 is 32.2 Å². The van der Waals surface area contributed by atoms with Crippen LogP contribution < -0.4 is 0 Å². The van der Waals surface area contributed by atoms with Gasteiger partial charge in [-0.1, -0.05) is 69.9 Å². The highest BCUT2D eigenvalue weighted by molar-refractivity contribution is 7.47. The Balaban J connectivity index is 2.04. The lowest BCUT2D eigenvalue weighted by atomic mass is 10.0. The number of aliphatic hydroxyl groups is 2. The highest BCUT2D eigenvalue weighted by atomic mass is 31.2. The van der Waals surface area contributed by atoms with Crippen molar-refractivity contribution in [3.05, 3.63) is 24.2 Å². The molecule has 37 heavy (non-hydrogen) atoms. The molecule has 6 atom stereocenters. The highest BCUT2D eigenvalue weighted by Crippen LogP contribution is 2.48. The van der Waals surface area contributed by atoms with E-state index in [-0.39, 0.29) is 18.7 Å². The maximum absolute atomic E-state index is 12.6. The lowest BCUT2D eigenvalue weighted by molar-refractivity contribution is -0.870. The van der Waals surface area contributed by atoms with E-state index in [1.807, 2.05) is 28.1 Å². The van der Waals surface area contributed by atoms with Crippen LogP contribution in [0.3, 0.4) is 0 Å². The third-order valence-corrected chi connectivity index (χ3v) is 7.78. The van der Waals surface area contributed by atoms with Crippen molar-refractivity contribution in [2.24, 2.45) is 0 Å². The Kier molecular flexibility index (Phi) is 14.2. The SMILES string of the molecule is C[C@@H]1CCCCCCCCCCCC[C@H](O)[C@H]2O[C@@H]2[C@@H](OP(=O)(O)OCC[N+](C)(C)C)C=CC=C(O)O1. The van der Waals surface area contributed by atoms with Crippen LogP contribution in [-0.2, 0) is 23.1 Å². The van der Waals surface area contributed by atoms with Gasteiger partial charge in [0.05, 0.1) is 33.4 Å². The minimum Gasteiger partial charge on any atom is -0.481 e. The van der Waals surface area contributed by atoms with Crippen LogP contribution in [0, 0.1) is 0 Å². The van der Waals surface area contributed by atoms with E-state index in [0.29, 0.717) is 17.4 Å². The normalized spacial score (nSPS) is 31.5. The average molecular weight is 549 g/mol. The first-order chi connectivity index (χ1) is 17.5. The summed E-state index contributed by atoms with van der Waals surface area (Å²) < 4.78 is 35.1. The zero-order valence-electron chi connectivity index (χ0n) is 23.3. The highest BCUT2D eigenvalue weighted by Gasteiger charge is 2.50. The molecular weight excluding hydrogens is 497 g/mol. The van der Waals surface area contributed by atoms with Crippen LogP contribution in [0.25, 0.3) is 0 Å². The molecule has 216 valence electrons. The molecule has 0 aromatic rings. The molecule has 0 saturated carbocycles. The van der Waals surface area contributed by atoms with Crippen LogP contribution in [0.15, 0.2) is 24.2 Å². The molecule has 3 N–H and O–H groups in total. The number of rotatable bonds is 6. The number of aliphatic hydroxyl groups excluding tert-OH is 2. The number of hydrogen-bond donors (Lipinski definition) is 3. The molecule has 1 unspecified atom stereocenters. The molecule has 0 aromatic heterocycles. The number of likely N-dealkylation sites (N-methyl/N-ethyl adjacent to an activating group) is 1. The molecule has 2 aliphatic rings. The number of phosphoric ester groups is 1. The first-order valence-electron chi connectivity index (χ1n) is 14.0. The molecule has 2 heterocycles. The van der Waals surface area contributed by atoms with Gasteiger partial charge in [-0.05, 0) is 26.2 Å². The third-order valence-electron chi connectivity index (χ3n) is 6.76. The van der Waals surface area contributed by atoms with Gasteiger partial charge in [0, 0.05) is 6.08 Å². The van der Waals surface area contributed by atoms with E-state index in [0.717, 1.165) is 32.1 Å². The maximum Gasteiger partial charge on any atom is 0.473 e. The van der Waals surface area contributed by atoms with Crippen LogP contribution in [0.2, 0.25) is 0 Å². The Morgan fingerprint density at radius 3 is 2.14 bits per heavy atom. The molecule has 0 amide bonds. The van der Waals surface area contributed by atoms with Crippen molar-refractivity contribution < 1.29 is 42.7 Å². The molecule has 0 bridgehead atoms. The van der Waals surface area contributed by atoms with Gasteiger partial charge >= 0.3 is 7.82 Å². The number of fused-ring (bicyclic) bond motifs is 1. The summed E-state index contributed by atoms with van der Waals surface area (Å²) in [5.74, 6) is -0.232. The molecule has 10 heteroatoms. The second kappa shape index (κ2) is 16.2. The van der Waals surface area contributed by atoms with E-state index in [1.165, 1.54) is 56.8 Å². The van der Waals surface area contributed by atoms with Crippen LogP contribution in [0.4, 0.5) is 0 Å². The average Bonchev–Trinajstić information content (AvgIpc) is 3.58. The summed E-state index contributed by atoms with van der Waals surface area (Å²) in [5, 5.41) is 20.8. The number of hydrogen-bond acceptors (Lipinski definition) is 7. The molecule has 0 radical (unpaired) electrons. The van der Waals surface area contributed by atoms with E-state index in [1.54, 1.807) is 0 Å². The summed E-state index contributed by atoms with van der Waals surface area (Å²) in [6, 6.07) is 0. The number of nitrogens with zero attached hydrogens (tertiary/aromatic N) is 1. The Bertz CT molecular complexity index is 753. The van der Waals surface area contributed by atoms with Crippen molar-refractivity contribution in [1.82, 2.24) is 0 Å². The van der Waals surface area contributed by atoms with Crippen molar-refractivity contribution in [2.45, 2.75) is 114 Å². The van der Waals surface area contributed by atoms with Gasteiger partial charge in [-0.3, -0.25) is 9.05 Å². The number of allylic oxidation sites excluding steroid dienone is 2. The van der Waals surface area contributed by atoms with Crippen LogP contribution in [0.5, 0.6) is 0 Å². The third kappa shape index (κ3) is 14.7. The molecule has 1 saturated heterocycles. The monoisotopic (exact) mass is 548 g/mol. The van der Waals surface area contributed by atoms with Crippen LogP contribution in [0.1, 0.15) is 84.0 Å². The van der Waals surface area contributed by atoms with Gasteiger partial charge < -0.3 is 29.1 Å². The number of quaternary nitrogens is 1. The predicted molar refractivity (Wildman–Crippen MR) is 144 cm³/mol. The lowest BCUT2D eigenvalue weighted by Gasteiger charge is -2.24. The predicted octanol–water partition coefficient (Wildman–Crippen LogP) is 5.38. The van der Waals surface area contributed by atoms with Gasteiger partial charge in [0.2, 0.25) is 0 Å². The van der Waals surface area contributed by atoms with E-state index >= 15 is 0 Å². The lowest BCUT2D eigenvalue weighted by Crippen LogP contribution is -2.37. The first-order valence-corrected chi connectivity index (χ1v) is 15.5. The van der Waals surface area contributed by atoms with Gasteiger partial charge in [0.1, 0.15) is 31.5 Å². The number of phosphoric acid groups is 1. The second-order valence-corrected chi connectivity index (χ2v) is 12.9. The minimum absolute atomic E-state index is 0.0533. The molecular formula is C27H51NO8P+. The van der Waals surface area contributed by atoms with Crippen LogP contribution in [-0.4, -0.2) is 84.4 Å². The zero-order valence-corrected chi connectivity index (χ0v) is 24.2. The van der Waals surface area contributed by atoms with E-state index in [2.05, 4.69) is 0 Å². The molecule has 9 nitrogen and oxygen atoms in total. The summed E-state index contributed by atoms with van der Waals surface area (Å²) in [6.07, 6.45) is 14.7. The summed E-state index contributed by atoms with van der Waals surface area (Å²) in [7, 11) is 1.50. The first kappa shape index (κ1) is 32.3. The Hall–Kier alpha value is -0.930. The molecule has 0 aromatic carbocycles. The van der Waals surface area contributed by atoms with E-state index in [9.17, 15) is 19.7 Å². The second-order valence-electron chi connectivity index (χ2n) is 11.4. The Labute approximate surface area is 223 Å². The van der Waals surface area contributed by atoms with Gasteiger partial charge in [-0.15, -0.1) is 0 Å². The molecule has 0 spiro atoms. The summed E-state index contributed by atoms with van der Waals surface area (Å²) in [5.41, 5.74) is 0. The van der Waals surface area contributed by atoms with Gasteiger partial charge in [0.15, 0.2) is 0 Å². The standard InChI is InChI=1S/C27H50NO8P/c1-22-16-13-11-9-7-5-6-8-10-12-14-17-23(29)26-27(35-26)24(18-15-19-25(30)34-22)36-37(31,32)33-21-20-28(2,3)4/h15,18-19,22-24,26-27,29H,5-14,16-17,20-21H2,1-4H3,(H-,30,31,32)/p+1/t22-,23+,24+,26-,27-/m1/s1. The fraction of sp³-hybridized carbons (Fsp3) is 0.852. The van der Waals surface area contributed by atoms with Crippen molar-refractivity contribution in [1.29, 1.82) is 0 Å². The Morgan fingerprint density at radius 1 is 0.973 bits per heavy atom. The summed E-state index contributed by atoms with van der Waals surface area (Å²) in [6.45, 7) is 2.51. The van der Waals surface area contributed by atoms with Gasteiger partial charge in [0.25, 0.3) is 5.95 Å². The summed E-state index contributed by atoms with van der Waals surface area (Å²) in [4.78, 5) is 10.3. The van der Waals surface area contributed by atoms with Crippen LogP contribution >= 0.6 is 7.82 Å². The van der Waals surface area contributed by atoms with Gasteiger partial charge in [-0.2, -0.15) is 0 Å². The van der Waals surface area contributed by atoms with E-state index in [4.69, 9.17) is 18.5 Å². The largest absolute Gasteiger partial charge is 0.481 e. The molecule has 2 rings (SSSR count). The molecule has 2 aliphatic heterocycles. The van der Waals surface area contributed by atoms with Gasteiger partial charge in [-0.25, -0.2) is 4.57 Å². The smallest absolute Gasteiger partial charge is 0.473 e. The zero-order chi connectivity index (χ0) is 27.3. The molecule has 1 fully saturated rings. The molecule has 0 aliphatic carbocycles. The van der Waals surface area contributed by atoms with Crippen molar-refractivity contribution in [2.75, 3.05) is 34.3 Å². The van der Waals surface area contributed by atoms with Crippen molar-refractivity contribution in [3.8, 4) is 0 Å². The fourth-order valence-electron chi connectivity index (χ4n) is 4.44. The minimum atomic E-state index is -4.37. The topological polar surface area (TPSA) is 118 Å². The van der Waals surface area contributed by atoms with Crippen molar-refractivity contribution in [3.63, 3.8) is 0 Å². The number of ether oxygens (including phenoxy) is 2. The van der Waals surface area contributed by atoms with Crippen molar-refractivity contribution >= 4 is 7.82 Å².